The summed E-state index contributed by atoms with van der Waals surface area (Å²) < 4.78 is 20.5. The first kappa shape index (κ1) is 41.0. The molecule has 0 bridgehead atoms. The van der Waals surface area contributed by atoms with Gasteiger partial charge in [-0.25, -0.2) is 9.59 Å². The number of carbonyl (C=O) groups excluding carboxylic acids is 3. The van der Waals surface area contributed by atoms with Crippen LogP contribution >= 0.6 is 0 Å². The highest BCUT2D eigenvalue weighted by Gasteiger charge is 2.40. The second-order valence-electron chi connectivity index (χ2n) is 16.3. The number of aromatic amines is 1. The number of aliphatic hydroxyl groups is 1. The summed E-state index contributed by atoms with van der Waals surface area (Å²) in [6.45, 7) is 2.51. The van der Waals surface area contributed by atoms with E-state index in [4.69, 9.17) is 14.2 Å². The van der Waals surface area contributed by atoms with Crippen LogP contribution < -0.4 is 11.0 Å². The van der Waals surface area contributed by atoms with Crippen LogP contribution in [-0.4, -0.2) is 74.1 Å². The van der Waals surface area contributed by atoms with Crippen LogP contribution in [0.2, 0.25) is 0 Å². The van der Waals surface area contributed by atoms with Gasteiger partial charge in [0.2, 0.25) is 5.91 Å². The molecule has 13 heteroatoms. The Kier molecular flexibility index (Phi) is 12.1. The molecule has 0 aliphatic carbocycles. The zero-order chi connectivity index (χ0) is 42.6. The number of alkyl carbamates (subject to hydrolysis) is 1. The molecular formula is C49H49N5O8. The third kappa shape index (κ3) is 9.12. The number of hydrogen-bond acceptors (Lipinski definition) is 9. The first-order valence-corrected chi connectivity index (χ1v) is 21.2. The number of fused-ring (bicyclic) bond motifs is 1. The molecule has 0 radical (unpaired) electrons. The molecule has 5 aromatic carbocycles. The monoisotopic (exact) mass is 835 g/mol. The molecule has 318 valence electrons. The highest BCUT2D eigenvalue weighted by atomic mass is 16.7. The molecule has 3 aliphatic rings. The van der Waals surface area contributed by atoms with Crippen molar-refractivity contribution < 1.29 is 33.7 Å². The summed E-state index contributed by atoms with van der Waals surface area (Å²) in [5.41, 5.74) is 7.91. The summed E-state index contributed by atoms with van der Waals surface area (Å²) in [7, 11) is 0. The Hall–Kier alpha value is -6.38. The minimum atomic E-state index is -0.986. The Morgan fingerprint density at radius 1 is 0.774 bits per heavy atom. The Labute approximate surface area is 358 Å². The van der Waals surface area contributed by atoms with Gasteiger partial charge in [0.05, 0.1) is 42.8 Å². The maximum absolute atomic E-state index is 13.2. The number of imidazole rings is 1. The Bertz CT molecular complexity index is 2580. The van der Waals surface area contributed by atoms with Gasteiger partial charge in [-0.1, -0.05) is 109 Å². The lowest BCUT2D eigenvalue weighted by atomic mass is 9.98. The van der Waals surface area contributed by atoms with Crippen LogP contribution in [0.4, 0.5) is 4.79 Å². The lowest BCUT2D eigenvalue weighted by Gasteiger charge is -2.40. The fourth-order valence-corrected chi connectivity index (χ4v) is 8.85. The van der Waals surface area contributed by atoms with E-state index in [-0.39, 0.29) is 56.0 Å². The predicted octanol–water partition coefficient (Wildman–Crippen LogP) is 6.93. The average Bonchev–Trinajstić information content (AvgIpc) is 3.78. The van der Waals surface area contributed by atoms with Crippen LogP contribution in [0.5, 0.6) is 0 Å². The molecule has 1 unspecified atom stereocenters. The number of nitrogens with one attached hydrogen (secondary N) is 2. The molecule has 62 heavy (non-hydrogen) atoms. The number of carbonyl (C=O) groups is 3. The van der Waals surface area contributed by atoms with Gasteiger partial charge in [0.1, 0.15) is 12.6 Å². The highest BCUT2D eigenvalue weighted by Crippen LogP contribution is 2.39. The van der Waals surface area contributed by atoms with Gasteiger partial charge in [0.15, 0.2) is 6.29 Å². The van der Waals surface area contributed by atoms with Crippen molar-refractivity contribution in [3.8, 4) is 11.1 Å². The fourth-order valence-electron chi connectivity index (χ4n) is 8.85. The first-order chi connectivity index (χ1) is 30.3. The zero-order valence-corrected chi connectivity index (χ0v) is 34.2. The van der Waals surface area contributed by atoms with Crippen molar-refractivity contribution in [1.82, 2.24) is 24.7 Å². The molecule has 3 saturated heterocycles. The summed E-state index contributed by atoms with van der Waals surface area (Å²) in [5, 5.41) is 12.2. The van der Waals surface area contributed by atoms with E-state index < -0.39 is 24.3 Å². The number of amides is 3. The van der Waals surface area contributed by atoms with Crippen LogP contribution in [0, 0.1) is 0 Å². The van der Waals surface area contributed by atoms with Crippen LogP contribution in [0.1, 0.15) is 71.9 Å². The number of imide groups is 1. The molecule has 9 rings (SSSR count). The van der Waals surface area contributed by atoms with Crippen molar-refractivity contribution in [3.05, 3.63) is 166 Å². The highest BCUT2D eigenvalue weighted by molar-refractivity contribution is 6.06. The summed E-state index contributed by atoms with van der Waals surface area (Å²) in [6, 6.07) is 39.8. The summed E-state index contributed by atoms with van der Waals surface area (Å²) in [6.07, 6.45) is 0.532. The number of nitrogens with zero attached hydrogens (tertiary/aromatic N) is 3. The van der Waals surface area contributed by atoms with Gasteiger partial charge >= 0.3 is 11.8 Å². The molecule has 4 atom stereocenters. The third-order valence-corrected chi connectivity index (χ3v) is 12.2. The van der Waals surface area contributed by atoms with Crippen molar-refractivity contribution in [3.63, 3.8) is 0 Å². The standard InChI is InChI=1S/C49H49N5O8/c55-30-32-13-15-36(16-14-32)44-26-40(29-52-23-21-39(22-24-52)54-43-12-5-4-11-41(43)50-48(54)58)61-47(62-44)37-19-17-35(18-20-37)38-10-6-9-34(25-38)28-53-45(56)27-42(46(53)57)51-49(59)60-31-33-7-2-1-3-8-33/h1-20,25,39-40,42,44,47,55H,21-24,26-31H2,(H,50,58)(H,51,59)/t40-,42?,44+,47+/m0/s1. The quantitative estimate of drug-likeness (QED) is 0.111. The minimum Gasteiger partial charge on any atom is -0.445 e. The molecule has 4 heterocycles. The average molecular weight is 836 g/mol. The van der Waals surface area contributed by atoms with Crippen LogP contribution in [0.15, 0.2) is 132 Å². The van der Waals surface area contributed by atoms with E-state index in [1.807, 2.05) is 132 Å². The van der Waals surface area contributed by atoms with E-state index in [1.54, 1.807) is 0 Å². The lowest BCUT2D eigenvalue weighted by molar-refractivity contribution is -0.253. The van der Waals surface area contributed by atoms with Crippen molar-refractivity contribution in [2.45, 2.75) is 76.0 Å². The van der Waals surface area contributed by atoms with Gasteiger partial charge < -0.3 is 34.5 Å². The predicted molar refractivity (Wildman–Crippen MR) is 231 cm³/mol. The number of piperidine rings is 1. The van der Waals surface area contributed by atoms with Crippen LogP contribution in [0.3, 0.4) is 0 Å². The Balaban J connectivity index is 0.847. The number of H-pyrrole nitrogens is 1. The third-order valence-electron chi connectivity index (χ3n) is 12.2. The number of aromatic nitrogens is 2. The molecule has 0 spiro atoms. The van der Waals surface area contributed by atoms with E-state index in [1.165, 1.54) is 4.90 Å². The molecule has 3 aliphatic heterocycles. The van der Waals surface area contributed by atoms with Crippen molar-refractivity contribution in [1.29, 1.82) is 0 Å². The van der Waals surface area contributed by atoms with Crippen LogP contribution in [0.25, 0.3) is 22.2 Å². The normalized spacial score (nSPS) is 21.1. The number of ether oxygens (including phenoxy) is 3. The summed E-state index contributed by atoms with van der Waals surface area (Å²) in [5.74, 6) is -0.833. The van der Waals surface area contributed by atoms with E-state index >= 15 is 0 Å². The largest absolute Gasteiger partial charge is 0.445 e. The van der Waals surface area contributed by atoms with Gasteiger partial charge in [0.25, 0.3) is 5.91 Å². The number of aliphatic hydroxyl groups excluding tert-OH is 1. The smallest absolute Gasteiger partial charge is 0.408 e. The molecule has 6 aromatic rings. The molecule has 0 saturated carbocycles. The van der Waals surface area contributed by atoms with Gasteiger partial charge in [-0.05, 0) is 64.4 Å². The van der Waals surface area contributed by atoms with E-state index in [0.717, 1.165) is 82.5 Å². The van der Waals surface area contributed by atoms with Gasteiger partial charge in [-0.2, -0.15) is 0 Å². The zero-order valence-electron chi connectivity index (χ0n) is 34.2. The Morgan fingerprint density at radius 3 is 2.27 bits per heavy atom. The number of para-hydroxylation sites is 2. The number of rotatable bonds is 12. The molecule has 3 fully saturated rings. The van der Waals surface area contributed by atoms with E-state index in [2.05, 4.69) is 15.2 Å². The maximum Gasteiger partial charge on any atom is 0.408 e. The van der Waals surface area contributed by atoms with Crippen molar-refractivity contribution >= 4 is 28.9 Å². The second-order valence-corrected chi connectivity index (χ2v) is 16.3. The van der Waals surface area contributed by atoms with Gasteiger partial charge in [-0.15, -0.1) is 0 Å². The number of benzene rings is 5. The summed E-state index contributed by atoms with van der Waals surface area (Å²) >= 11 is 0. The molecule has 3 N–H and O–H groups in total. The Morgan fingerprint density at radius 2 is 1.50 bits per heavy atom. The van der Waals surface area contributed by atoms with Gasteiger partial charge in [-0.3, -0.25) is 19.1 Å². The van der Waals surface area contributed by atoms with Gasteiger partial charge in [0, 0.05) is 37.7 Å². The molecule has 13 nitrogen and oxygen atoms in total. The minimum absolute atomic E-state index is 0.0313. The van der Waals surface area contributed by atoms with Crippen molar-refractivity contribution in [2.75, 3.05) is 19.6 Å². The summed E-state index contributed by atoms with van der Waals surface area (Å²) in [4.78, 5) is 58.2. The number of hydrogen-bond donors (Lipinski definition) is 3. The van der Waals surface area contributed by atoms with E-state index in [9.17, 15) is 24.3 Å². The molecule has 3 amide bonds. The first-order valence-electron chi connectivity index (χ1n) is 21.2. The van der Waals surface area contributed by atoms with E-state index in [0.29, 0.717) is 6.42 Å². The fraction of sp³-hybridized carbons (Fsp3) is 0.306. The van der Waals surface area contributed by atoms with Crippen LogP contribution in [-0.2, 0) is 43.6 Å². The topological polar surface area (TPSA) is 155 Å². The van der Waals surface area contributed by atoms with Crippen molar-refractivity contribution in [2.24, 2.45) is 0 Å². The molecule has 1 aromatic heterocycles. The second kappa shape index (κ2) is 18.3. The molecular weight excluding hydrogens is 787 g/mol. The lowest BCUT2D eigenvalue weighted by Crippen LogP contribution is -2.43. The SMILES string of the molecule is O=C(NC1CC(=O)N(Cc2cccc(-c3ccc([C@@H]4O[C@H](CN5CCC(n6c(=O)[nH]c7ccccc76)CC5)C[C@H](c5ccc(CO)cc5)O4)cc3)c2)C1=O)OCc1ccccc1. The number of likely N-dealkylation sites (tertiary alicyclic amines) is 2. The maximum atomic E-state index is 13.2.